The largest absolute Gasteiger partial charge is 0.503 e. The number of nitrogens with two attached hydrogens (primary N) is 2. The molecule has 8 heteroatoms. The molecule has 1 fully saturated rings. The number of aliphatic imine (C=N–C) groups is 2. The number of nitrogens with zero attached hydrogens (tertiary/aromatic N) is 3. The van der Waals surface area contributed by atoms with Crippen molar-refractivity contribution in [2.24, 2.45) is 21.5 Å². The van der Waals surface area contributed by atoms with Crippen LogP contribution < -0.4 is 16.4 Å². The van der Waals surface area contributed by atoms with Gasteiger partial charge in [-0.2, -0.15) is 4.99 Å². The summed E-state index contributed by atoms with van der Waals surface area (Å²) in [6, 6.07) is 3.23. The molecule has 1 aromatic rings. The third kappa shape index (κ3) is 2.38. The van der Waals surface area contributed by atoms with Gasteiger partial charge in [0, 0.05) is 0 Å². The van der Waals surface area contributed by atoms with Crippen LogP contribution in [0.15, 0.2) is 22.1 Å². The van der Waals surface area contributed by atoms with Crippen molar-refractivity contribution in [2.75, 3.05) is 4.90 Å². The highest BCUT2D eigenvalue weighted by Gasteiger charge is 2.43. The van der Waals surface area contributed by atoms with Crippen molar-refractivity contribution in [1.29, 1.82) is 0 Å². The van der Waals surface area contributed by atoms with Crippen LogP contribution in [0.2, 0.25) is 0 Å². The van der Waals surface area contributed by atoms with Crippen LogP contribution in [0.5, 0.6) is 5.75 Å². The Bertz CT molecular complexity index is 669. The number of phenols is 1. The number of phenolic OH excluding ortho intramolecular Hbond substituents is 1. The lowest BCUT2D eigenvalue weighted by molar-refractivity contribution is 0.302. The number of halogens is 2. The molecule has 0 bridgehead atoms. The number of guanidine groups is 2. The van der Waals surface area contributed by atoms with Crippen molar-refractivity contribution in [3.8, 4) is 5.75 Å². The molecule has 1 heterocycles. The predicted molar refractivity (Wildman–Crippen MR) is 92.3 cm³/mol. The van der Waals surface area contributed by atoms with Crippen LogP contribution in [0.3, 0.4) is 0 Å². The number of aromatic hydroxyl groups is 1. The van der Waals surface area contributed by atoms with E-state index in [1.807, 2.05) is 22.6 Å². The van der Waals surface area contributed by atoms with E-state index in [1.165, 1.54) is 0 Å². The zero-order chi connectivity index (χ0) is 15.9. The van der Waals surface area contributed by atoms with Gasteiger partial charge in [-0.3, -0.25) is 4.90 Å². The minimum absolute atomic E-state index is 0.126. The van der Waals surface area contributed by atoms with Gasteiger partial charge in [-0.15, -0.1) is 0 Å². The molecule has 118 valence electrons. The van der Waals surface area contributed by atoms with E-state index in [4.69, 9.17) is 11.5 Å². The molecule has 0 radical (unpaired) electrons. The fraction of sp³-hybridized carbons (Fsp3) is 0.429. The average Bonchev–Trinajstić information content (AvgIpc) is 2.47. The first-order chi connectivity index (χ1) is 10.4. The normalized spacial score (nSPS) is 20.7. The molecule has 2 aliphatic rings. The second kappa shape index (κ2) is 5.56. The van der Waals surface area contributed by atoms with Gasteiger partial charge in [0.1, 0.15) is 5.66 Å². The van der Waals surface area contributed by atoms with Gasteiger partial charge in [0.05, 0.1) is 9.26 Å². The van der Waals surface area contributed by atoms with Crippen molar-refractivity contribution < 1.29 is 9.50 Å². The highest BCUT2D eigenvalue weighted by Crippen LogP contribution is 2.43. The van der Waals surface area contributed by atoms with Crippen LogP contribution in [0, 0.1) is 9.39 Å². The molecule has 1 aromatic carbocycles. The molecule has 0 saturated heterocycles. The maximum Gasteiger partial charge on any atom is 0.220 e. The lowest BCUT2D eigenvalue weighted by Crippen LogP contribution is -2.58. The highest BCUT2D eigenvalue weighted by molar-refractivity contribution is 14.1. The van der Waals surface area contributed by atoms with E-state index >= 15 is 0 Å². The molecule has 6 nitrogen and oxygen atoms in total. The van der Waals surface area contributed by atoms with E-state index in [1.54, 1.807) is 17.0 Å². The summed E-state index contributed by atoms with van der Waals surface area (Å²) in [7, 11) is 0. The average molecular weight is 417 g/mol. The standard InChI is InChI=1S/C14H17FIN5O/c15-10-8(16)4-5-9(11(10)22)21-13(18)19-12(17)20-14(21)6-2-1-3-7-14/h4-5,22H,1-3,6-7H2,(H4,17,18,19,20). The Labute approximate surface area is 141 Å². The Kier molecular flexibility index (Phi) is 3.87. The van der Waals surface area contributed by atoms with Gasteiger partial charge in [-0.1, -0.05) is 6.42 Å². The fourth-order valence-electron chi connectivity index (χ4n) is 3.18. The van der Waals surface area contributed by atoms with Gasteiger partial charge in [0.2, 0.25) is 11.9 Å². The van der Waals surface area contributed by atoms with Crippen molar-refractivity contribution >= 4 is 40.2 Å². The Morgan fingerprint density at radius 3 is 2.59 bits per heavy atom. The van der Waals surface area contributed by atoms with E-state index in [2.05, 4.69) is 9.98 Å². The maximum atomic E-state index is 14.1. The molecule has 0 aromatic heterocycles. The third-order valence-corrected chi connectivity index (χ3v) is 4.97. The fourth-order valence-corrected chi connectivity index (χ4v) is 3.62. The Hall–Kier alpha value is -1.58. The summed E-state index contributed by atoms with van der Waals surface area (Å²) in [4.78, 5) is 10.1. The van der Waals surface area contributed by atoms with Gasteiger partial charge in [0.15, 0.2) is 11.6 Å². The van der Waals surface area contributed by atoms with E-state index in [-0.39, 0.29) is 17.6 Å². The van der Waals surface area contributed by atoms with E-state index < -0.39 is 17.2 Å². The van der Waals surface area contributed by atoms with Gasteiger partial charge in [-0.05, 0) is 60.4 Å². The second-order valence-corrected chi connectivity index (χ2v) is 6.71. The van der Waals surface area contributed by atoms with Gasteiger partial charge < -0.3 is 16.6 Å². The SMILES string of the molecule is NC1=NC2(CCCCC2)N(c2ccc(I)c(F)c2O)C(N)=N1. The van der Waals surface area contributed by atoms with E-state index in [0.29, 0.717) is 3.57 Å². The first-order valence-corrected chi connectivity index (χ1v) is 8.19. The maximum absolute atomic E-state index is 14.1. The molecule has 1 saturated carbocycles. The summed E-state index contributed by atoms with van der Waals surface area (Å²) in [5.74, 6) is -0.850. The predicted octanol–water partition coefficient (Wildman–Crippen LogP) is 2.25. The summed E-state index contributed by atoms with van der Waals surface area (Å²) < 4.78 is 14.4. The molecule has 1 aliphatic carbocycles. The Balaban J connectivity index is 2.14. The lowest BCUT2D eigenvalue weighted by Gasteiger charge is -2.45. The summed E-state index contributed by atoms with van der Waals surface area (Å²) in [5, 5.41) is 10.2. The Morgan fingerprint density at radius 2 is 1.91 bits per heavy atom. The van der Waals surface area contributed by atoms with Crippen LogP contribution in [-0.4, -0.2) is 22.7 Å². The first kappa shape index (κ1) is 15.3. The van der Waals surface area contributed by atoms with Crippen molar-refractivity contribution in [3.05, 3.63) is 21.5 Å². The lowest BCUT2D eigenvalue weighted by atomic mass is 9.87. The van der Waals surface area contributed by atoms with Crippen molar-refractivity contribution in [2.45, 2.75) is 37.8 Å². The van der Waals surface area contributed by atoms with E-state index in [0.717, 1.165) is 32.1 Å². The highest BCUT2D eigenvalue weighted by atomic mass is 127. The quantitative estimate of drug-likeness (QED) is 0.611. The van der Waals surface area contributed by atoms with Crippen LogP contribution in [0.4, 0.5) is 10.1 Å². The zero-order valence-corrected chi connectivity index (χ0v) is 14.0. The molecule has 0 amide bonds. The van der Waals surface area contributed by atoms with Crippen LogP contribution >= 0.6 is 22.6 Å². The molecule has 1 aliphatic heterocycles. The second-order valence-electron chi connectivity index (χ2n) is 5.55. The molecule has 5 N–H and O–H groups in total. The van der Waals surface area contributed by atoms with Crippen LogP contribution in [0.1, 0.15) is 32.1 Å². The number of hydrogen-bond acceptors (Lipinski definition) is 6. The monoisotopic (exact) mass is 417 g/mol. The molecule has 3 rings (SSSR count). The molecule has 1 spiro atoms. The minimum atomic E-state index is -0.690. The number of anilines is 1. The van der Waals surface area contributed by atoms with Crippen molar-refractivity contribution in [3.63, 3.8) is 0 Å². The molecule has 0 unspecified atom stereocenters. The zero-order valence-electron chi connectivity index (χ0n) is 11.9. The first-order valence-electron chi connectivity index (χ1n) is 7.11. The number of benzene rings is 1. The van der Waals surface area contributed by atoms with Crippen LogP contribution in [0.25, 0.3) is 0 Å². The summed E-state index contributed by atoms with van der Waals surface area (Å²) in [6.45, 7) is 0. The topological polar surface area (TPSA) is 100 Å². The molecule has 0 atom stereocenters. The van der Waals surface area contributed by atoms with Gasteiger partial charge >= 0.3 is 0 Å². The summed E-state index contributed by atoms with van der Waals surface area (Å²) in [5.41, 5.74) is 11.4. The van der Waals surface area contributed by atoms with Crippen LogP contribution in [-0.2, 0) is 0 Å². The minimum Gasteiger partial charge on any atom is -0.503 e. The summed E-state index contributed by atoms with van der Waals surface area (Å²) >= 11 is 1.83. The smallest absolute Gasteiger partial charge is 0.220 e. The summed E-state index contributed by atoms with van der Waals surface area (Å²) in [6.07, 6.45) is 4.51. The van der Waals surface area contributed by atoms with Crippen molar-refractivity contribution in [1.82, 2.24) is 0 Å². The molecular weight excluding hydrogens is 400 g/mol. The van der Waals surface area contributed by atoms with Gasteiger partial charge in [0.25, 0.3) is 0 Å². The number of rotatable bonds is 1. The molecular formula is C14H17FIN5O. The number of hydrogen-bond donors (Lipinski definition) is 3. The Morgan fingerprint density at radius 1 is 1.23 bits per heavy atom. The third-order valence-electron chi connectivity index (χ3n) is 4.14. The van der Waals surface area contributed by atoms with E-state index in [9.17, 15) is 9.50 Å². The van der Waals surface area contributed by atoms with Gasteiger partial charge in [-0.25, -0.2) is 9.38 Å². The molecule has 22 heavy (non-hydrogen) atoms.